The quantitative estimate of drug-likeness (QED) is 0.427. The summed E-state index contributed by atoms with van der Waals surface area (Å²) in [5, 5.41) is 0. The Morgan fingerprint density at radius 1 is 0.882 bits per heavy atom. The topological polar surface area (TPSA) is 105 Å². The van der Waals surface area contributed by atoms with E-state index < -0.39 is 23.1 Å². The van der Waals surface area contributed by atoms with Crippen LogP contribution in [0.3, 0.4) is 0 Å². The van der Waals surface area contributed by atoms with E-state index in [9.17, 15) is 14.4 Å². The van der Waals surface area contributed by atoms with E-state index in [0.717, 1.165) is 13.7 Å². The van der Waals surface area contributed by atoms with Gasteiger partial charge in [0, 0.05) is 0 Å². The Labute approximate surface area is 91.6 Å². The summed E-state index contributed by atoms with van der Waals surface area (Å²) in [7, 11) is 0. The summed E-state index contributed by atoms with van der Waals surface area (Å²) >= 11 is 0. The highest BCUT2D eigenvalue weighted by molar-refractivity contribution is 5.27. The first kappa shape index (κ1) is 8.56. The van der Waals surface area contributed by atoms with Crippen LogP contribution in [0.5, 0.6) is 0 Å². The number of rotatable bonds is 0. The average Bonchev–Trinajstić information content (AvgIpc) is 2.35. The lowest BCUT2D eigenvalue weighted by Crippen LogP contribution is -2.55. The molecule has 0 fully saturated rings. The summed E-state index contributed by atoms with van der Waals surface area (Å²) in [6.45, 7) is 1.63. The number of hydrogen-bond donors (Lipinski definition) is 0. The molecule has 84 valence electrons. The third kappa shape index (κ3) is 0.717. The Morgan fingerprint density at radius 3 is 1.94 bits per heavy atom. The average molecular weight is 232 g/mol. The second-order valence-corrected chi connectivity index (χ2v) is 3.86. The molecule has 3 aliphatic rings. The predicted molar refractivity (Wildman–Crippen MR) is 52.7 cm³/mol. The Hall–Kier alpha value is -2.58. The summed E-state index contributed by atoms with van der Waals surface area (Å²) in [6.07, 6.45) is 0. The van der Waals surface area contributed by atoms with Crippen LogP contribution in [0.4, 0.5) is 0 Å². The van der Waals surface area contributed by atoms with E-state index in [0.29, 0.717) is 5.82 Å². The summed E-state index contributed by atoms with van der Waals surface area (Å²) in [5.41, 5.74) is -2.22. The van der Waals surface area contributed by atoms with E-state index in [2.05, 4.69) is 15.0 Å². The number of hydrogen-bond acceptors (Lipinski definition) is 6. The molecule has 0 N–H and O–H groups in total. The van der Waals surface area contributed by atoms with Gasteiger partial charge in [-0.15, -0.1) is 0 Å². The molecule has 1 atom stereocenters. The summed E-state index contributed by atoms with van der Waals surface area (Å²) in [5.74, 6) is 0.278. The van der Waals surface area contributed by atoms with Gasteiger partial charge in [-0.2, -0.15) is 24.1 Å². The number of aromatic nitrogens is 6. The van der Waals surface area contributed by atoms with E-state index in [1.54, 1.807) is 6.92 Å². The molecule has 0 aliphatic carbocycles. The van der Waals surface area contributed by atoms with E-state index in [1.807, 2.05) is 0 Å². The fourth-order valence-corrected chi connectivity index (χ4v) is 2.11. The fourth-order valence-electron chi connectivity index (χ4n) is 2.11. The van der Waals surface area contributed by atoms with Crippen molar-refractivity contribution < 1.29 is 0 Å². The van der Waals surface area contributed by atoms with Crippen molar-refractivity contribution in [3.8, 4) is 11.9 Å². The molecule has 0 saturated heterocycles. The monoisotopic (exact) mass is 232 g/mol. The van der Waals surface area contributed by atoms with Gasteiger partial charge in [-0.3, -0.25) is 0 Å². The largest absolute Gasteiger partial charge is 0.350 e. The van der Waals surface area contributed by atoms with E-state index in [4.69, 9.17) is 0 Å². The molecular weight excluding hydrogens is 228 g/mol. The Balaban J connectivity index is 2.51. The van der Waals surface area contributed by atoms with Gasteiger partial charge in [-0.05, 0) is 6.92 Å². The maximum Gasteiger partial charge on any atom is 0.350 e. The van der Waals surface area contributed by atoms with Crippen LogP contribution < -0.4 is 17.1 Å². The van der Waals surface area contributed by atoms with Crippen LogP contribution in [0.25, 0.3) is 11.9 Å². The van der Waals surface area contributed by atoms with E-state index in [1.165, 1.54) is 0 Å². The first-order valence-corrected chi connectivity index (χ1v) is 4.87. The van der Waals surface area contributed by atoms with Crippen molar-refractivity contribution in [3.05, 3.63) is 37.3 Å². The first-order chi connectivity index (χ1) is 8.09. The molecule has 9 nitrogen and oxygen atoms in total. The van der Waals surface area contributed by atoms with Gasteiger partial charge in [0.1, 0.15) is 6.04 Å². The number of nitrogens with zero attached hydrogens (tertiary/aromatic N) is 6. The predicted octanol–water partition coefficient (Wildman–Crippen LogP) is -2.43. The molecule has 1 unspecified atom stereocenters. The first-order valence-electron chi connectivity index (χ1n) is 4.87. The lowest BCUT2D eigenvalue weighted by molar-refractivity contribution is 0.518. The van der Waals surface area contributed by atoms with Crippen LogP contribution >= 0.6 is 0 Å². The van der Waals surface area contributed by atoms with Crippen molar-refractivity contribution in [2.24, 2.45) is 0 Å². The minimum atomic E-state index is -0.767. The minimum Gasteiger partial charge on any atom is -0.247 e. The standard InChI is InChI=1S/C8H4N6O3/c1-2-3-9-4-11-5(10-3)14-7(16)12(2)6(15)13(4)8(14)17/h2H,1H3. The maximum absolute atomic E-state index is 12.0. The zero-order chi connectivity index (χ0) is 11.9. The van der Waals surface area contributed by atoms with Gasteiger partial charge in [0.05, 0.1) is 0 Å². The molecule has 0 aromatic carbocycles. The van der Waals surface area contributed by atoms with Gasteiger partial charge in [0.25, 0.3) is 0 Å². The summed E-state index contributed by atoms with van der Waals surface area (Å²) < 4.78 is 2.52. The van der Waals surface area contributed by atoms with Crippen molar-refractivity contribution in [1.82, 2.24) is 28.7 Å². The highest BCUT2D eigenvalue weighted by Gasteiger charge is 2.34. The van der Waals surface area contributed by atoms with Crippen molar-refractivity contribution in [3.63, 3.8) is 0 Å². The molecular formula is C8H4N6O3. The highest BCUT2D eigenvalue weighted by atomic mass is 16.2. The van der Waals surface area contributed by atoms with Gasteiger partial charge in [0.2, 0.25) is 11.9 Å². The SMILES string of the molecule is CC1c2nc3nc(n2)-n2c(=O)n-3c(=O)n1c2=O. The van der Waals surface area contributed by atoms with Crippen LogP contribution in [-0.4, -0.2) is 28.7 Å². The van der Waals surface area contributed by atoms with Gasteiger partial charge in [0.15, 0.2) is 5.82 Å². The van der Waals surface area contributed by atoms with Gasteiger partial charge >= 0.3 is 17.1 Å². The lowest BCUT2D eigenvalue weighted by Gasteiger charge is -2.11. The lowest BCUT2D eigenvalue weighted by atomic mass is 10.3. The highest BCUT2D eigenvalue weighted by Crippen LogP contribution is 2.16. The minimum absolute atomic E-state index is 0.0156. The Morgan fingerprint density at radius 2 is 1.41 bits per heavy atom. The summed E-state index contributed by atoms with van der Waals surface area (Å²) in [6, 6.07) is -0.599. The van der Waals surface area contributed by atoms with Gasteiger partial charge < -0.3 is 0 Å². The molecule has 17 heavy (non-hydrogen) atoms. The third-order valence-corrected chi connectivity index (χ3v) is 2.97. The molecule has 6 bridgehead atoms. The molecule has 2 aromatic rings. The molecule has 9 heteroatoms. The van der Waals surface area contributed by atoms with Crippen molar-refractivity contribution in [2.75, 3.05) is 0 Å². The molecule has 2 aromatic heterocycles. The van der Waals surface area contributed by atoms with Crippen LogP contribution in [0.15, 0.2) is 14.4 Å². The molecule has 0 radical (unpaired) electrons. The van der Waals surface area contributed by atoms with Gasteiger partial charge in [-0.25, -0.2) is 19.0 Å². The Bertz CT molecular complexity index is 812. The maximum atomic E-state index is 12.0. The molecule has 0 spiro atoms. The molecule has 5 heterocycles. The van der Waals surface area contributed by atoms with Gasteiger partial charge in [-0.1, -0.05) is 0 Å². The van der Waals surface area contributed by atoms with Crippen molar-refractivity contribution >= 4 is 0 Å². The Kier molecular flexibility index (Phi) is 1.13. The van der Waals surface area contributed by atoms with Crippen LogP contribution in [-0.2, 0) is 0 Å². The second-order valence-electron chi connectivity index (χ2n) is 3.86. The molecule has 5 rings (SSSR count). The van der Waals surface area contributed by atoms with Crippen LogP contribution in [0, 0.1) is 0 Å². The summed E-state index contributed by atoms with van der Waals surface area (Å²) in [4.78, 5) is 47.7. The van der Waals surface area contributed by atoms with E-state index >= 15 is 0 Å². The second kappa shape index (κ2) is 2.24. The van der Waals surface area contributed by atoms with E-state index in [-0.39, 0.29) is 11.9 Å². The molecule has 0 saturated carbocycles. The normalized spacial score (nSPS) is 17.8. The zero-order valence-electron chi connectivity index (χ0n) is 8.49. The zero-order valence-corrected chi connectivity index (χ0v) is 8.49. The smallest absolute Gasteiger partial charge is 0.247 e. The molecule has 0 amide bonds. The van der Waals surface area contributed by atoms with Crippen LogP contribution in [0.2, 0.25) is 0 Å². The third-order valence-electron chi connectivity index (χ3n) is 2.97. The molecule has 3 aliphatic heterocycles. The van der Waals surface area contributed by atoms with Crippen molar-refractivity contribution in [2.45, 2.75) is 13.0 Å². The fraction of sp³-hybridized carbons (Fsp3) is 0.250. The van der Waals surface area contributed by atoms with Crippen molar-refractivity contribution in [1.29, 1.82) is 0 Å². The van der Waals surface area contributed by atoms with Crippen LogP contribution in [0.1, 0.15) is 18.8 Å².